The van der Waals surface area contributed by atoms with Gasteiger partial charge in [0.1, 0.15) is 6.04 Å². The first-order valence-electron chi connectivity index (χ1n) is 7.43. The van der Waals surface area contributed by atoms with Crippen molar-refractivity contribution in [1.29, 1.82) is 0 Å². The molecular formula is C16H22N2O3. The number of hydrogen-bond acceptors (Lipinski definition) is 3. The molecule has 0 aromatic heterocycles. The normalized spacial score (nSPS) is 20.8. The van der Waals surface area contributed by atoms with Crippen LogP contribution in [0.1, 0.15) is 37.8 Å². The summed E-state index contributed by atoms with van der Waals surface area (Å²) in [6.45, 7) is 3.36. The smallest absolute Gasteiger partial charge is 0.305 e. The van der Waals surface area contributed by atoms with Gasteiger partial charge in [-0.15, -0.1) is 0 Å². The maximum Gasteiger partial charge on any atom is 0.305 e. The number of carboxylic acids is 1. The van der Waals surface area contributed by atoms with Crippen LogP contribution in [0.4, 0.5) is 0 Å². The number of nitrogens with one attached hydrogen (secondary N) is 1. The summed E-state index contributed by atoms with van der Waals surface area (Å²) in [6, 6.07) is 9.52. The fourth-order valence-corrected chi connectivity index (χ4v) is 2.95. The highest BCUT2D eigenvalue weighted by Gasteiger charge is 2.35. The maximum absolute atomic E-state index is 12.1. The lowest BCUT2D eigenvalue weighted by Crippen LogP contribution is -2.56. The van der Waals surface area contributed by atoms with Crippen LogP contribution < -0.4 is 5.32 Å². The molecule has 2 N–H and O–H groups in total. The third kappa shape index (κ3) is 3.82. The van der Waals surface area contributed by atoms with Gasteiger partial charge in [-0.2, -0.15) is 0 Å². The molecule has 2 atom stereocenters. The molecule has 0 aliphatic carbocycles. The van der Waals surface area contributed by atoms with E-state index < -0.39 is 12.0 Å². The molecule has 0 spiro atoms. The van der Waals surface area contributed by atoms with Gasteiger partial charge in [0.05, 0.1) is 6.42 Å². The lowest BCUT2D eigenvalue weighted by atomic mass is 9.96. The molecule has 0 bridgehead atoms. The van der Waals surface area contributed by atoms with E-state index in [0.717, 1.165) is 18.4 Å². The molecule has 1 fully saturated rings. The Labute approximate surface area is 125 Å². The highest BCUT2D eigenvalue weighted by Crippen LogP contribution is 2.29. The van der Waals surface area contributed by atoms with Gasteiger partial charge in [0.25, 0.3) is 0 Å². The zero-order chi connectivity index (χ0) is 15.2. The molecule has 1 aromatic rings. The minimum atomic E-state index is -0.939. The second kappa shape index (κ2) is 7.22. The van der Waals surface area contributed by atoms with Gasteiger partial charge in [-0.3, -0.25) is 14.5 Å². The van der Waals surface area contributed by atoms with Crippen LogP contribution >= 0.6 is 0 Å². The summed E-state index contributed by atoms with van der Waals surface area (Å²) in [5.74, 6) is -1.12. The van der Waals surface area contributed by atoms with Crippen LogP contribution in [0.5, 0.6) is 0 Å². The van der Waals surface area contributed by atoms with E-state index in [1.807, 2.05) is 35.2 Å². The van der Waals surface area contributed by atoms with Crippen molar-refractivity contribution in [3.05, 3.63) is 35.9 Å². The van der Waals surface area contributed by atoms with E-state index in [9.17, 15) is 9.59 Å². The summed E-state index contributed by atoms with van der Waals surface area (Å²) in [5, 5.41) is 11.8. The number of hydrogen-bond donors (Lipinski definition) is 2. The number of rotatable bonds is 6. The van der Waals surface area contributed by atoms with Gasteiger partial charge < -0.3 is 10.4 Å². The first kappa shape index (κ1) is 15.5. The summed E-state index contributed by atoms with van der Waals surface area (Å²) >= 11 is 0. The highest BCUT2D eigenvalue weighted by atomic mass is 16.4. The Bertz CT molecular complexity index is 490. The summed E-state index contributed by atoms with van der Waals surface area (Å²) in [7, 11) is 0. The molecule has 5 nitrogen and oxygen atoms in total. The first-order valence-corrected chi connectivity index (χ1v) is 7.43. The van der Waals surface area contributed by atoms with E-state index in [0.29, 0.717) is 13.1 Å². The Morgan fingerprint density at radius 2 is 2.14 bits per heavy atom. The molecule has 5 heteroatoms. The van der Waals surface area contributed by atoms with Crippen LogP contribution in [0.3, 0.4) is 0 Å². The van der Waals surface area contributed by atoms with Gasteiger partial charge in [0.15, 0.2) is 0 Å². The van der Waals surface area contributed by atoms with Gasteiger partial charge in [-0.25, -0.2) is 0 Å². The number of aliphatic carboxylic acids is 1. The molecule has 1 saturated heterocycles. The zero-order valence-corrected chi connectivity index (χ0v) is 12.3. The molecule has 0 saturated carbocycles. The minimum Gasteiger partial charge on any atom is -0.481 e. The molecule has 21 heavy (non-hydrogen) atoms. The quantitative estimate of drug-likeness (QED) is 0.838. The molecular weight excluding hydrogens is 268 g/mol. The molecule has 1 heterocycles. The van der Waals surface area contributed by atoms with Crippen molar-refractivity contribution in [1.82, 2.24) is 10.2 Å². The minimum absolute atomic E-state index is 0.0894. The van der Waals surface area contributed by atoms with E-state index in [4.69, 9.17) is 5.11 Å². The van der Waals surface area contributed by atoms with Gasteiger partial charge in [-0.05, 0) is 12.0 Å². The van der Waals surface area contributed by atoms with Crippen LogP contribution in [0.15, 0.2) is 30.3 Å². The molecule has 2 unspecified atom stereocenters. The Morgan fingerprint density at radius 1 is 1.43 bits per heavy atom. The predicted molar refractivity (Wildman–Crippen MR) is 79.8 cm³/mol. The number of carbonyl (C=O) groups excluding carboxylic acids is 1. The number of carbonyl (C=O) groups is 2. The molecule has 1 aromatic carbocycles. The van der Waals surface area contributed by atoms with Crippen LogP contribution in [0.2, 0.25) is 0 Å². The summed E-state index contributed by atoms with van der Waals surface area (Å²) in [5.41, 5.74) is 1.14. The topological polar surface area (TPSA) is 69.6 Å². The van der Waals surface area contributed by atoms with Crippen molar-refractivity contribution in [2.75, 3.05) is 13.1 Å². The fraction of sp³-hybridized carbons (Fsp3) is 0.500. The molecule has 1 amide bonds. The predicted octanol–water partition coefficient (Wildman–Crippen LogP) is 1.80. The van der Waals surface area contributed by atoms with E-state index in [1.165, 1.54) is 0 Å². The van der Waals surface area contributed by atoms with E-state index in [2.05, 4.69) is 12.2 Å². The number of benzene rings is 1. The Balaban J connectivity index is 2.27. The standard InChI is InChI=1S/C16H22N2O3/c1-2-6-13(12-7-4-3-5-8-12)18-10-9-17-16(21)14(18)11-15(19)20/h3-5,7-8,13-14H,2,6,9-11H2,1H3,(H,17,21)(H,19,20). The fourth-order valence-electron chi connectivity index (χ4n) is 2.95. The number of amides is 1. The molecule has 114 valence electrons. The van der Waals surface area contributed by atoms with E-state index in [1.54, 1.807) is 0 Å². The van der Waals surface area contributed by atoms with Crippen molar-refractivity contribution in [2.24, 2.45) is 0 Å². The number of carboxylic acid groups (broad SMARTS) is 1. The molecule has 0 radical (unpaired) electrons. The molecule has 1 aliphatic heterocycles. The molecule has 2 rings (SSSR count). The van der Waals surface area contributed by atoms with Crippen molar-refractivity contribution in [2.45, 2.75) is 38.3 Å². The second-order valence-electron chi connectivity index (χ2n) is 5.36. The summed E-state index contributed by atoms with van der Waals surface area (Å²) < 4.78 is 0. The van der Waals surface area contributed by atoms with Gasteiger partial charge in [-0.1, -0.05) is 43.7 Å². The average Bonchev–Trinajstić information content (AvgIpc) is 2.48. The lowest BCUT2D eigenvalue weighted by Gasteiger charge is -2.40. The van der Waals surface area contributed by atoms with E-state index >= 15 is 0 Å². The van der Waals surface area contributed by atoms with Gasteiger partial charge in [0, 0.05) is 19.1 Å². The Kier molecular flexibility index (Phi) is 5.33. The first-order chi connectivity index (χ1) is 10.1. The van der Waals surface area contributed by atoms with Crippen molar-refractivity contribution in [3.63, 3.8) is 0 Å². The third-order valence-electron chi connectivity index (χ3n) is 3.89. The SMILES string of the molecule is CCCC(c1ccccc1)N1CCNC(=O)C1CC(=O)O. The maximum atomic E-state index is 12.1. The van der Waals surface area contributed by atoms with Crippen LogP contribution in [0, 0.1) is 0 Å². The molecule has 1 aliphatic rings. The van der Waals surface area contributed by atoms with Crippen LogP contribution in [-0.2, 0) is 9.59 Å². The average molecular weight is 290 g/mol. The summed E-state index contributed by atoms with van der Waals surface area (Å²) in [6.07, 6.45) is 1.74. The Morgan fingerprint density at radius 3 is 2.76 bits per heavy atom. The third-order valence-corrected chi connectivity index (χ3v) is 3.89. The second-order valence-corrected chi connectivity index (χ2v) is 5.36. The van der Waals surface area contributed by atoms with E-state index in [-0.39, 0.29) is 18.4 Å². The zero-order valence-electron chi connectivity index (χ0n) is 12.3. The lowest BCUT2D eigenvalue weighted by molar-refractivity contribution is -0.144. The number of piperazine rings is 1. The number of nitrogens with zero attached hydrogens (tertiary/aromatic N) is 1. The van der Waals surface area contributed by atoms with Gasteiger partial charge in [0.2, 0.25) is 5.91 Å². The monoisotopic (exact) mass is 290 g/mol. The largest absolute Gasteiger partial charge is 0.481 e. The van der Waals surface area contributed by atoms with Crippen LogP contribution in [0.25, 0.3) is 0 Å². The van der Waals surface area contributed by atoms with Crippen LogP contribution in [-0.4, -0.2) is 41.0 Å². The summed E-state index contributed by atoms with van der Waals surface area (Å²) in [4.78, 5) is 25.2. The highest BCUT2D eigenvalue weighted by molar-refractivity contribution is 5.86. The Hall–Kier alpha value is -1.88. The van der Waals surface area contributed by atoms with Gasteiger partial charge >= 0.3 is 5.97 Å². The van der Waals surface area contributed by atoms with Crippen molar-refractivity contribution >= 4 is 11.9 Å². The van der Waals surface area contributed by atoms with Crippen molar-refractivity contribution in [3.8, 4) is 0 Å². The van der Waals surface area contributed by atoms with Crippen molar-refractivity contribution < 1.29 is 14.7 Å².